The Labute approximate surface area is 161 Å². The van der Waals surface area contributed by atoms with Crippen molar-refractivity contribution in [3.8, 4) is 5.75 Å². The molecular formula is C20H18N4O4. The van der Waals surface area contributed by atoms with Gasteiger partial charge in [-0.2, -0.15) is 0 Å². The van der Waals surface area contributed by atoms with E-state index in [9.17, 15) is 14.9 Å². The molecule has 1 aromatic carbocycles. The second-order valence-electron chi connectivity index (χ2n) is 6.62. The number of rotatable bonds is 6. The van der Waals surface area contributed by atoms with E-state index in [0.717, 1.165) is 5.56 Å². The molecule has 4 rings (SSSR count). The average molecular weight is 378 g/mol. The Morgan fingerprint density at radius 3 is 2.82 bits per heavy atom. The summed E-state index contributed by atoms with van der Waals surface area (Å²) >= 11 is 0. The molecule has 2 aromatic heterocycles. The standard InChI is InChI=1S/C20H18N4O4/c25-17-5-1-4-16-15(17)6-7-18(20(16)24(26)27)28-19(12-23-10-9-22-13-23)14-3-2-8-21-11-14/h2-3,6-11,13,19H,1,4-5,12H2. The van der Waals surface area contributed by atoms with E-state index >= 15 is 0 Å². The highest BCUT2D eigenvalue weighted by Gasteiger charge is 2.30. The van der Waals surface area contributed by atoms with Crippen molar-refractivity contribution in [2.45, 2.75) is 31.9 Å². The monoisotopic (exact) mass is 378 g/mol. The van der Waals surface area contributed by atoms with Crippen LogP contribution in [0.15, 0.2) is 55.4 Å². The number of carbonyl (C=O) groups excluding carboxylic acids is 1. The van der Waals surface area contributed by atoms with Crippen molar-refractivity contribution in [1.29, 1.82) is 0 Å². The Bertz CT molecular complexity index is 1000. The summed E-state index contributed by atoms with van der Waals surface area (Å²) in [6.07, 6.45) is 9.47. The molecule has 142 valence electrons. The van der Waals surface area contributed by atoms with E-state index in [-0.39, 0.29) is 17.2 Å². The first-order chi connectivity index (χ1) is 13.6. The molecule has 0 aliphatic heterocycles. The lowest BCUT2D eigenvalue weighted by atomic mass is 9.89. The van der Waals surface area contributed by atoms with E-state index in [2.05, 4.69) is 9.97 Å². The highest BCUT2D eigenvalue weighted by Crippen LogP contribution is 2.39. The SMILES string of the molecule is O=C1CCCc2c1ccc(OC(Cn1ccnc1)c1cccnc1)c2[N+](=O)[O-]. The largest absolute Gasteiger partial charge is 0.477 e. The molecule has 0 fully saturated rings. The number of nitro groups is 1. The fraction of sp³-hybridized carbons (Fsp3) is 0.250. The number of ketones is 1. The minimum atomic E-state index is -0.501. The van der Waals surface area contributed by atoms with Gasteiger partial charge in [0.05, 0.1) is 17.8 Å². The van der Waals surface area contributed by atoms with Crippen molar-refractivity contribution in [2.24, 2.45) is 0 Å². The number of pyridine rings is 1. The van der Waals surface area contributed by atoms with Crippen LogP contribution < -0.4 is 4.74 Å². The summed E-state index contributed by atoms with van der Waals surface area (Å²) in [5.41, 5.74) is 1.56. The van der Waals surface area contributed by atoms with E-state index in [1.54, 1.807) is 43.2 Å². The fourth-order valence-corrected chi connectivity index (χ4v) is 3.50. The molecule has 0 N–H and O–H groups in total. The zero-order chi connectivity index (χ0) is 19.5. The van der Waals surface area contributed by atoms with Gasteiger partial charge < -0.3 is 9.30 Å². The highest BCUT2D eigenvalue weighted by molar-refractivity contribution is 5.99. The van der Waals surface area contributed by atoms with Crippen LogP contribution in [0.3, 0.4) is 0 Å². The topological polar surface area (TPSA) is 100 Å². The smallest absolute Gasteiger partial charge is 0.314 e. The van der Waals surface area contributed by atoms with E-state index in [1.165, 1.54) is 6.07 Å². The Kier molecular flexibility index (Phi) is 4.84. The van der Waals surface area contributed by atoms with Gasteiger partial charge in [-0.3, -0.25) is 19.9 Å². The van der Waals surface area contributed by atoms with Crippen molar-refractivity contribution in [1.82, 2.24) is 14.5 Å². The molecule has 1 aliphatic rings. The van der Waals surface area contributed by atoms with Crippen LogP contribution in [0.4, 0.5) is 5.69 Å². The highest BCUT2D eigenvalue weighted by atomic mass is 16.6. The summed E-state index contributed by atoms with van der Waals surface area (Å²) in [6, 6.07) is 6.82. The number of imidazole rings is 1. The van der Waals surface area contributed by atoms with Crippen molar-refractivity contribution in [2.75, 3.05) is 0 Å². The van der Waals surface area contributed by atoms with Gasteiger partial charge in [0.2, 0.25) is 0 Å². The van der Waals surface area contributed by atoms with Crippen LogP contribution in [0, 0.1) is 10.1 Å². The van der Waals surface area contributed by atoms with Gasteiger partial charge in [-0.1, -0.05) is 6.07 Å². The number of fused-ring (bicyclic) bond motifs is 1. The molecule has 0 saturated carbocycles. The van der Waals surface area contributed by atoms with Crippen LogP contribution in [0.25, 0.3) is 0 Å². The Morgan fingerprint density at radius 1 is 1.21 bits per heavy atom. The maximum Gasteiger partial charge on any atom is 0.314 e. The molecule has 0 radical (unpaired) electrons. The molecule has 0 spiro atoms. The molecule has 3 aromatic rings. The van der Waals surface area contributed by atoms with Gasteiger partial charge in [-0.15, -0.1) is 0 Å². The van der Waals surface area contributed by atoms with Gasteiger partial charge in [0.25, 0.3) is 0 Å². The summed E-state index contributed by atoms with van der Waals surface area (Å²) in [7, 11) is 0. The molecule has 0 amide bonds. The van der Waals surface area contributed by atoms with Crippen molar-refractivity contribution in [3.63, 3.8) is 0 Å². The average Bonchev–Trinajstić information content (AvgIpc) is 3.21. The molecule has 8 heteroatoms. The van der Waals surface area contributed by atoms with Crippen LogP contribution in [0.1, 0.15) is 40.4 Å². The molecule has 2 heterocycles. The lowest BCUT2D eigenvalue weighted by Gasteiger charge is -2.22. The molecule has 0 saturated heterocycles. The molecule has 8 nitrogen and oxygen atoms in total. The summed E-state index contributed by atoms with van der Waals surface area (Å²) < 4.78 is 7.96. The molecular weight excluding hydrogens is 360 g/mol. The molecule has 1 unspecified atom stereocenters. The Morgan fingerprint density at radius 2 is 2.11 bits per heavy atom. The Hall–Kier alpha value is -3.55. The third kappa shape index (κ3) is 3.48. The predicted molar refractivity (Wildman–Crippen MR) is 100 cm³/mol. The zero-order valence-electron chi connectivity index (χ0n) is 15.0. The normalized spacial score (nSPS) is 14.4. The number of carbonyl (C=O) groups is 1. The third-order valence-electron chi connectivity index (χ3n) is 4.82. The predicted octanol–water partition coefficient (Wildman–Crippen LogP) is 3.53. The summed E-state index contributed by atoms with van der Waals surface area (Å²) in [5, 5.41) is 11.8. The third-order valence-corrected chi connectivity index (χ3v) is 4.82. The number of hydrogen-bond donors (Lipinski definition) is 0. The molecule has 28 heavy (non-hydrogen) atoms. The first-order valence-electron chi connectivity index (χ1n) is 8.99. The lowest BCUT2D eigenvalue weighted by molar-refractivity contribution is -0.386. The minimum absolute atomic E-state index is 0.0573. The quantitative estimate of drug-likeness (QED) is 0.480. The van der Waals surface area contributed by atoms with Crippen LogP contribution in [-0.2, 0) is 13.0 Å². The second kappa shape index (κ2) is 7.59. The second-order valence-corrected chi connectivity index (χ2v) is 6.62. The number of benzene rings is 1. The minimum Gasteiger partial charge on any atom is -0.477 e. The summed E-state index contributed by atoms with van der Waals surface area (Å²) in [4.78, 5) is 31.7. The lowest BCUT2D eigenvalue weighted by Crippen LogP contribution is -2.17. The maximum atomic E-state index is 12.1. The van der Waals surface area contributed by atoms with Crippen LogP contribution in [-0.4, -0.2) is 25.2 Å². The van der Waals surface area contributed by atoms with E-state index < -0.39 is 11.0 Å². The van der Waals surface area contributed by atoms with Crippen molar-refractivity contribution in [3.05, 3.63) is 82.2 Å². The van der Waals surface area contributed by atoms with Gasteiger partial charge in [0.15, 0.2) is 11.5 Å². The van der Waals surface area contributed by atoms with Gasteiger partial charge in [0, 0.05) is 47.9 Å². The number of nitrogens with zero attached hydrogens (tertiary/aromatic N) is 4. The van der Waals surface area contributed by atoms with Crippen LogP contribution in [0.5, 0.6) is 5.75 Å². The van der Waals surface area contributed by atoms with Crippen LogP contribution in [0.2, 0.25) is 0 Å². The first kappa shape index (κ1) is 17.8. The molecule has 1 atom stereocenters. The van der Waals surface area contributed by atoms with E-state index in [4.69, 9.17) is 4.74 Å². The van der Waals surface area contributed by atoms with Crippen LogP contribution >= 0.6 is 0 Å². The summed E-state index contributed by atoms with van der Waals surface area (Å²) in [6.45, 7) is 0.416. The first-order valence-corrected chi connectivity index (χ1v) is 8.99. The van der Waals surface area contributed by atoms with Crippen molar-refractivity contribution >= 4 is 11.5 Å². The van der Waals surface area contributed by atoms with Gasteiger partial charge in [-0.25, -0.2) is 4.98 Å². The van der Waals surface area contributed by atoms with Gasteiger partial charge in [0.1, 0.15) is 6.10 Å². The number of nitro benzene ring substituents is 1. The fourth-order valence-electron chi connectivity index (χ4n) is 3.50. The summed E-state index contributed by atoms with van der Waals surface area (Å²) in [5.74, 6) is 0.102. The van der Waals surface area contributed by atoms with Gasteiger partial charge in [-0.05, 0) is 31.0 Å². The zero-order valence-corrected chi connectivity index (χ0v) is 15.0. The number of hydrogen-bond acceptors (Lipinski definition) is 6. The molecule has 1 aliphatic carbocycles. The van der Waals surface area contributed by atoms with E-state index in [1.807, 2.05) is 10.6 Å². The Balaban J connectivity index is 1.74. The maximum absolute atomic E-state index is 12.1. The van der Waals surface area contributed by atoms with E-state index in [0.29, 0.717) is 36.9 Å². The number of aromatic nitrogens is 3. The molecule has 0 bridgehead atoms. The number of ether oxygens (including phenoxy) is 1. The number of Topliss-reactive ketones (excluding diaryl/α,β-unsaturated/α-hetero) is 1. The van der Waals surface area contributed by atoms with Gasteiger partial charge >= 0.3 is 5.69 Å². The van der Waals surface area contributed by atoms with Crippen molar-refractivity contribution < 1.29 is 14.5 Å².